The van der Waals surface area contributed by atoms with E-state index in [0.717, 1.165) is 30.6 Å². The lowest BCUT2D eigenvalue weighted by molar-refractivity contribution is 0.0414. The Labute approximate surface area is 268 Å². The summed E-state index contributed by atoms with van der Waals surface area (Å²) >= 11 is 0. The van der Waals surface area contributed by atoms with E-state index in [1.807, 2.05) is 18.8 Å². The molecule has 0 heterocycles. The largest absolute Gasteiger partial charge is 0.518 e. The first-order valence-electron chi connectivity index (χ1n) is 13.4. The molecule has 2 amide bonds. The lowest BCUT2D eigenvalue weighted by Crippen LogP contribution is -2.42. The highest BCUT2D eigenvalue weighted by Gasteiger charge is 2.49. The summed E-state index contributed by atoms with van der Waals surface area (Å²) in [4.78, 5) is 48.4. The average Bonchev–Trinajstić information content (AvgIpc) is 3.64. The molecule has 0 bridgehead atoms. The van der Waals surface area contributed by atoms with Gasteiger partial charge in [-0.05, 0) is 49.4 Å². The Hall–Kier alpha value is -2.43. The summed E-state index contributed by atoms with van der Waals surface area (Å²) in [5.41, 5.74) is 0. The molecule has 2 aliphatic rings. The molecule has 0 aromatic heterocycles. The first kappa shape index (κ1) is 38.8. The zero-order valence-electron chi connectivity index (χ0n) is 24.0. The lowest BCUT2D eigenvalue weighted by Gasteiger charge is -2.21. The van der Waals surface area contributed by atoms with Crippen molar-refractivity contribution < 1.29 is 60.3 Å². The molecule has 0 aliphatic heterocycles. The molecule has 0 spiro atoms. The van der Waals surface area contributed by atoms with Crippen molar-refractivity contribution in [2.24, 2.45) is 26.8 Å². The van der Waals surface area contributed by atoms with Crippen LogP contribution in [-0.2, 0) is 42.9 Å². The molecule has 2 N–H and O–H groups in total. The number of nitrogens with one attached hydrogen (secondary N) is 2. The van der Waals surface area contributed by atoms with E-state index in [-0.39, 0.29) is 82.4 Å². The van der Waals surface area contributed by atoms with Crippen LogP contribution in [0.5, 0.6) is 0 Å². The molecule has 1 saturated carbocycles. The van der Waals surface area contributed by atoms with Gasteiger partial charge in [0, 0.05) is 19.4 Å². The molecule has 18 nitrogen and oxygen atoms in total. The Balaban J connectivity index is 1.62. The Morgan fingerprint density at radius 1 is 0.822 bits per heavy atom. The highest BCUT2D eigenvalue weighted by atomic mass is 32.2. The number of rotatable bonds is 18. The van der Waals surface area contributed by atoms with Gasteiger partial charge in [0.2, 0.25) is 0 Å². The Morgan fingerprint density at radius 3 is 1.96 bits per heavy atom. The second-order valence-electron chi connectivity index (χ2n) is 9.01. The van der Waals surface area contributed by atoms with Gasteiger partial charge in [-0.1, -0.05) is 0 Å². The normalized spacial score (nSPS) is 18.8. The van der Waals surface area contributed by atoms with Crippen molar-refractivity contribution >= 4 is 70.7 Å². The van der Waals surface area contributed by atoms with Crippen molar-refractivity contribution in [1.29, 1.82) is 0 Å². The van der Waals surface area contributed by atoms with Gasteiger partial charge in [0.1, 0.15) is 19.8 Å². The molecule has 1 fully saturated rings. The van der Waals surface area contributed by atoms with Gasteiger partial charge in [0.05, 0.1) is 32.9 Å². The Bertz CT molecular complexity index is 1170. The number of carbonyl (C=O) groups excluding carboxylic acids is 4. The number of hydrogen-bond acceptors (Lipinski definition) is 15. The van der Waals surface area contributed by atoms with Gasteiger partial charge in [-0.3, -0.25) is 0 Å². The first-order chi connectivity index (χ1) is 21.7. The predicted octanol–water partition coefficient (Wildman–Crippen LogP) is 3.42. The van der Waals surface area contributed by atoms with Gasteiger partial charge in [-0.15, -0.1) is 11.8 Å². The van der Waals surface area contributed by atoms with Crippen molar-refractivity contribution in [3.05, 3.63) is 0 Å². The van der Waals surface area contributed by atoms with Gasteiger partial charge >= 0.3 is 34.7 Å². The SMILES string of the molecule is O=C(NS(=O)(=O)NCCOCCOC(=O)N(CCOC(=O)OP=NP)CCOC(=O)OP=NP)OCC1[C@H]2CCC#CCC[C@@H]12. The molecule has 0 saturated heterocycles. The minimum Gasteiger partial charge on any atom is -0.449 e. The van der Waals surface area contributed by atoms with Gasteiger partial charge < -0.3 is 37.6 Å². The molecule has 2 aliphatic carbocycles. The summed E-state index contributed by atoms with van der Waals surface area (Å²) in [6, 6.07) is 0. The molecular weight excluding hydrogens is 698 g/mol. The van der Waals surface area contributed by atoms with Crippen molar-refractivity contribution in [1.82, 2.24) is 14.3 Å². The molecule has 3 unspecified atom stereocenters. The van der Waals surface area contributed by atoms with Crippen LogP contribution >= 0.6 is 36.0 Å². The van der Waals surface area contributed by atoms with Crippen LogP contribution < -0.4 is 9.44 Å². The number of nitrogens with zero attached hydrogens (tertiary/aromatic N) is 3. The third-order valence-electron chi connectivity index (χ3n) is 6.20. The second-order valence-corrected chi connectivity index (χ2v) is 13.0. The smallest absolute Gasteiger partial charge is 0.449 e. The van der Waals surface area contributed by atoms with E-state index >= 15 is 0 Å². The summed E-state index contributed by atoms with van der Waals surface area (Å²) in [5, 5.41) is 0. The fourth-order valence-corrected chi connectivity index (χ4v) is 5.52. The summed E-state index contributed by atoms with van der Waals surface area (Å²) in [6.45, 7) is -1.20. The number of fused-ring (bicyclic) bond motifs is 1. The van der Waals surface area contributed by atoms with Crippen LogP contribution in [0.4, 0.5) is 19.2 Å². The minimum atomic E-state index is -4.17. The topological polar surface area (TPSA) is 219 Å². The molecule has 23 heteroatoms. The van der Waals surface area contributed by atoms with Crippen LogP contribution in [-0.4, -0.2) is 97.1 Å². The Morgan fingerprint density at radius 2 is 1.40 bits per heavy atom. The van der Waals surface area contributed by atoms with E-state index in [0.29, 0.717) is 11.8 Å². The van der Waals surface area contributed by atoms with Crippen molar-refractivity contribution in [2.75, 3.05) is 59.3 Å². The fourth-order valence-electron chi connectivity index (χ4n) is 4.20. The molecule has 0 aromatic rings. The molecule has 252 valence electrons. The van der Waals surface area contributed by atoms with E-state index in [1.54, 1.807) is 4.72 Å². The zero-order valence-corrected chi connectivity index (χ0v) is 28.9. The van der Waals surface area contributed by atoms with Crippen LogP contribution in [0, 0.1) is 29.6 Å². The van der Waals surface area contributed by atoms with Gasteiger partial charge in [0.15, 0.2) is 0 Å². The third-order valence-corrected chi connectivity index (χ3v) is 8.44. The molecule has 5 atom stereocenters. The first-order valence-corrected chi connectivity index (χ1v) is 17.5. The van der Waals surface area contributed by atoms with Crippen LogP contribution in [0.1, 0.15) is 25.7 Å². The van der Waals surface area contributed by atoms with Crippen LogP contribution in [0.2, 0.25) is 0 Å². The maximum Gasteiger partial charge on any atom is 0.518 e. The fraction of sp³-hybridized carbons (Fsp3) is 0.727. The minimum absolute atomic E-state index is 0.0104. The number of ether oxygens (including phenoxy) is 5. The summed E-state index contributed by atoms with van der Waals surface area (Å²) < 4.78 is 69.4. The van der Waals surface area contributed by atoms with E-state index in [1.165, 1.54) is 0 Å². The van der Waals surface area contributed by atoms with Crippen molar-refractivity contribution in [3.8, 4) is 11.8 Å². The summed E-state index contributed by atoms with van der Waals surface area (Å²) in [5.74, 6) is 7.34. The van der Waals surface area contributed by atoms with E-state index in [9.17, 15) is 27.6 Å². The molecule has 0 aromatic carbocycles. The Kier molecular flexibility index (Phi) is 19.1. The van der Waals surface area contributed by atoms with E-state index < -0.39 is 34.7 Å². The monoisotopic (exact) mass is 733 g/mol. The third kappa shape index (κ3) is 17.2. The van der Waals surface area contributed by atoms with Crippen molar-refractivity contribution in [3.63, 3.8) is 0 Å². The zero-order chi connectivity index (χ0) is 32.9. The number of hydrogen-bond donors (Lipinski definition) is 2. The lowest BCUT2D eigenvalue weighted by atomic mass is 10.1. The van der Waals surface area contributed by atoms with Gasteiger partial charge in [0.25, 0.3) is 17.2 Å². The van der Waals surface area contributed by atoms with Crippen LogP contribution in [0.15, 0.2) is 9.03 Å². The van der Waals surface area contributed by atoms with E-state index in [4.69, 9.17) is 23.7 Å². The standard InChI is InChI=1S/C22H35N5O13P4S/c28-19(38-15-18-16-5-3-1-2-4-6-17(16)18)24-45(32,33)23-7-10-34-13-14-35-20(29)27(8-11-36-21(30)39-43-25-41)9-12-37-22(31)40-44-26-42/h16-18,23H,3-15,41-42H2,(H,24,28)/t16-,17+,18?. The van der Waals surface area contributed by atoms with Crippen LogP contribution in [0.3, 0.4) is 0 Å². The maximum atomic E-state index is 12.5. The molecular formula is C22H35N5O13P4S. The molecule has 0 radical (unpaired) electrons. The van der Waals surface area contributed by atoms with E-state index in [2.05, 4.69) is 34.6 Å². The average molecular weight is 734 g/mol. The second kappa shape index (κ2) is 22.2. The molecule has 45 heavy (non-hydrogen) atoms. The van der Waals surface area contributed by atoms with Crippen molar-refractivity contribution in [2.45, 2.75) is 25.7 Å². The number of amides is 2. The van der Waals surface area contributed by atoms with Gasteiger partial charge in [-0.25, -0.2) is 32.9 Å². The summed E-state index contributed by atoms with van der Waals surface area (Å²) in [6.07, 6.45) is -0.370. The highest BCUT2D eigenvalue weighted by molar-refractivity contribution is 7.88. The molecule has 2 rings (SSSR count). The number of carbonyl (C=O) groups is 4. The maximum absolute atomic E-state index is 12.5. The predicted molar refractivity (Wildman–Crippen MR) is 165 cm³/mol. The highest BCUT2D eigenvalue weighted by Crippen LogP contribution is 2.52. The van der Waals surface area contributed by atoms with Gasteiger partial charge in [-0.2, -0.15) is 13.1 Å². The van der Waals surface area contributed by atoms with Crippen LogP contribution in [0.25, 0.3) is 0 Å². The quantitative estimate of drug-likeness (QED) is 0.0679. The summed E-state index contributed by atoms with van der Waals surface area (Å²) in [7, 11) is -0.148.